The Balaban J connectivity index is 0.000000188. The molecule has 5 aromatic rings. The molecular formula is C118H195Cl3F6N14O3. The molecule has 10 fully saturated rings. The smallest absolute Gasteiger partial charge is 0.416 e. The SMILES string of the molecule is CC(C)(C)N1CCC(NCCc2ccc(C(F)(F)F)cc2)CC1.CC(C)(C)N1CCC(NCCc2ccc(Cl)cc2)CC1.CC(C)(C)N1C[C@H]2CN(CC(F)(F)F)C[C@H]2C1.CC(C)(C)N1C[C@H]2CN(CCOCc3ccc(Cl)cc3)C[C@H]2C1.CN(CC1(C)COC1)C1CCN(C(C)(C)C)CC1.CN(CCc1ccc(Cl)cc1)C1CCN(C(C)(C)C)CC1.COc1ccc(CCN(C)C2CCN(C(C)(C)C)CC2)cc1. The summed E-state index contributed by atoms with van der Waals surface area (Å²) in [6, 6.07) is 41.7. The van der Waals surface area contributed by atoms with Gasteiger partial charge in [0.15, 0.2) is 0 Å². The summed E-state index contributed by atoms with van der Waals surface area (Å²) in [4.78, 5) is 29.8. The molecule has 10 saturated heterocycles. The van der Waals surface area contributed by atoms with Crippen molar-refractivity contribution >= 4 is 34.8 Å². The monoisotopic (exact) mass is 2080 g/mol. The topological polar surface area (TPSA) is 90.6 Å². The van der Waals surface area contributed by atoms with E-state index in [-0.39, 0.29) is 11.1 Å². The summed E-state index contributed by atoms with van der Waals surface area (Å²) in [7, 11) is 8.56. The fraction of sp³-hybridized carbons (Fsp3) is 0.746. The van der Waals surface area contributed by atoms with Crippen molar-refractivity contribution in [1.82, 2.24) is 69.4 Å². The van der Waals surface area contributed by atoms with Gasteiger partial charge in [-0.2, -0.15) is 26.3 Å². The molecule has 4 atom stereocenters. The summed E-state index contributed by atoms with van der Waals surface area (Å²) in [6.07, 6.45) is 8.30. The lowest BCUT2D eigenvalue weighted by Crippen LogP contribution is -2.54. The summed E-state index contributed by atoms with van der Waals surface area (Å²) in [5, 5.41) is 9.65. The molecule has 26 heteroatoms. The minimum atomic E-state index is -4.25. The maximum atomic E-state index is 12.5. The second-order valence-electron chi connectivity index (χ2n) is 50.9. The zero-order chi connectivity index (χ0) is 106. The highest BCUT2D eigenvalue weighted by molar-refractivity contribution is 6.31. The summed E-state index contributed by atoms with van der Waals surface area (Å²) in [5.74, 6) is 3.50. The third-order valence-corrected chi connectivity index (χ3v) is 32.9. The number of nitrogens with zero attached hydrogens (tertiary/aromatic N) is 12. The summed E-state index contributed by atoms with van der Waals surface area (Å²) < 4.78 is 90.8. The molecule has 0 aliphatic carbocycles. The van der Waals surface area contributed by atoms with E-state index in [0.29, 0.717) is 76.7 Å². The number of alkyl halides is 6. The molecule has 0 saturated carbocycles. The first-order valence-electron chi connectivity index (χ1n) is 54.8. The molecule has 10 heterocycles. The second kappa shape index (κ2) is 56.0. The summed E-state index contributed by atoms with van der Waals surface area (Å²) in [6.45, 7) is 79.5. The van der Waals surface area contributed by atoms with Gasteiger partial charge in [0.25, 0.3) is 0 Å². The molecule has 818 valence electrons. The van der Waals surface area contributed by atoms with Crippen LogP contribution in [0.4, 0.5) is 26.3 Å². The Hall–Kier alpha value is -4.29. The first kappa shape index (κ1) is 123. The van der Waals surface area contributed by atoms with Crippen LogP contribution in [0.3, 0.4) is 0 Å². The molecule has 0 spiro atoms. The summed E-state index contributed by atoms with van der Waals surface area (Å²) >= 11 is 17.7. The zero-order valence-electron chi connectivity index (χ0n) is 94.1. The Kier molecular flexibility index (Phi) is 47.9. The van der Waals surface area contributed by atoms with Gasteiger partial charge in [-0.25, -0.2) is 0 Å². The van der Waals surface area contributed by atoms with Crippen LogP contribution in [-0.4, -0.2) is 346 Å². The third-order valence-electron chi connectivity index (χ3n) is 32.2. The molecule has 144 heavy (non-hydrogen) atoms. The van der Waals surface area contributed by atoms with Crippen molar-refractivity contribution < 1.29 is 40.6 Å². The average Bonchev–Trinajstić information content (AvgIpc) is 1.65. The molecule has 17 nitrogen and oxygen atoms in total. The number of likely N-dealkylation sites (tertiary alicyclic amines) is 9. The zero-order valence-corrected chi connectivity index (χ0v) is 96.4. The predicted molar refractivity (Wildman–Crippen MR) is 593 cm³/mol. The van der Waals surface area contributed by atoms with Gasteiger partial charge in [-0.1, -0.05) is 102 Å². The largest absolute Gasteiger partial charge is 0.497 e. The van der Waals surface area contributed by atoms with E-state index >= 15 is 0 Å². The molecule has 2 N–H and O–H groups in total. The van der Waals surface area contributed by atoms with Crippen LogP contribution in [0.15, 0.2) is 121 Å². The number of hydrogen-bond acceptors (Lipinski definition) is 17. The Labute approximate surface area is 885 Å². The lowest BCUT2D eigenvalue weighted by molar-refractivity contribution is -0.144. The Morgan fingerprint density at radius 2 is 0.646 bits per heavy atom. The second-order valence-corrected chi connectivity index (χ2v) is 52.2. The highest BCUT2D eigenvalue weighted by atomic mass is 35.5. The number of nitrogens with one attached hydrogen (secondary N) is 2. The highest BCUT2D eigenvalue weighted by Gasteiger charge is 2.47. The van der Waals surface area contributed by atoms with Crippen LogP contribution in [0.25, 0.3) is 0 Å². The Bertz CT molecular complexity index is 4360. The van der Waals surface area contributed by atoms with Gasteiger partial charge in [-0.3, -0.25) is 39.2 Å². The van der Waals surface area contributed by atoms with E-state index in [0.717, 1.165) is 186 Å². The molecule has 0 radical (unpaired) electrons. The number of fused-ring (bicyclic) bond motifs is 2. The normalized spacial score (nSPS) is 22.1. The van der Waals surface area contributed by atoms with Gasteiger partial charge < -0.3 is 44.4 Å². The van der Waals surface area contributed by atoms with Crippen molar-refractivity contribution in [3.63, 3.8) is 0 Å². The Morgan fingerprint density at radius 1 is 0.361 bits per heavy atom. The van der Waals surface area contributed by atoms with Crippen LogP contribution < -0.4 is 15.4 Å². The minimum Gasteiger partial charge on any atom is -0.497 e. The van der Waals surface area contributed by atoms with Gasteiger partial charge in [-0.15, -0.1) is 0 Å². The maximum Gasteiger partial charge on any atom is 0.416 e. The van der Waals surface area contributed by atoms with Crippen molar-refractivity contribution in [3.8, 4) is 5.75 Å². The maximum absolute atomic E-state index is 12.5. The summed E-state index contributed by atoms with van der Waals surface area (Å²) in [5.41, 5.74) is 8.03. The highest BCUT2D eigenvalue weighted by Crippen LogP contribution is 2.39. The van der Waals surface area contributed by atoms with Crippen molar-refractivity contribution in [2.24, 2.45) is 29.1 Å². The van der Waals surface area contributed by atoms with Crippen LogP contribution in [0.5, 0.6) is 5.75 Å². The fourth-order valence-electron chi connectivity index (χ4n) is 22.3. The molecular weight excluding hydrogens is 1880 g/mol. The first-order valence-corrected chi connectivity index (χ1v) is 55.9. The molecule has 15 rings (SSSR count). The van der Waals surface area contributed by atoms with Crippen LogP contribution in [0.1, 0.15) is 250 Å². The number of hydrogen-bond donors (Lipinski definition) is 2. The quantitative estimate of drug-likeness (QED) is 0.0406. The lowest BCUT2D eigenvalue weighted by atomic mass is 9.87. The fourth-order valence-corrected chi connectivity index (χ4v) is 22.7. The average molecular weight is 2080 g/mol. The van der Waals surface area contributed by atoms with E-state index < -0.39 is 24.5 Å². The minimum absolute atomic E-state index is 0.138. The van der Waals surface area contributed by atoms with Gasteiger partial charge in [0.05, 0.1) is 45.6 Å². The number of ether oxygens (including phenoxy) is 3. The van der Waals surface area contributed by atoms with Crippen molar-refractivity contribution in [3.05, 3.63) is 170 Å². The number of methoxy groups -OCH3 is 1. The predicted octanol–water partition coefficient (Wildman–Crippen LogP) is 23.3. The van der Waals surface area contributed by atoms with E-state index in [4.69, 9.17) is 49.0 Å². The molecule has 0 bridgehead atoms. The van der Waals surface area contributed by atoms with E-state index in [1.807, 2.05) is 48.5 Å². The van der Waals surface area contributed by atoms with Gasteiger partial charge in [0.2, 0.25) is 0 Å². The Morgan fingerprint density at radius 3 is 0.938 bits per heavy atom. The molecule has 10 aliphatic heterocycles. The number of benzene rings is 5. The van der Waals surface area contributed by atoms with E-state index in [9.17, 15) is 26.3 Å². The number of piperidine rings is 5. The standard InChI is InChI=1S/C19H29ClN2O.C19H32N2O.C18H29ClN2.C18H27F3N2.C17H27ClN2.C15H30N2O.C12H21F3N2/c1-19(2,3)22-12-16-10-21(11-17(16)13-22)8-9-23-14-15-4-6-18(20)7-5-15;1-19(2,3)21-14-11-17(12-15-21)20(4)13-10-16-6-8-18(22-5)9-7-16;1-18(2,3)21-13-10-17(11-14-21)20(4)12-9-15-5-7-16(19)8-6-15;1-17(2,3)23-12-9-16(10-13-23)22-11-8-14-4-6-15(7-5-14)18(19,20)21;1-17(2,3)20-12-9-16(10-13-20)19-11-8-14-4-6-15(18)7-5-14;1-14(2,3)17-8-6-13(7-9-17)16(5)10-15(4)11-18-12-15;1-11(2,3)17-6-9-4-16(5-10(9)7-17)8-12(13,14)15/h4-7,16-17H,8-14H2,1-3H3;6-9,17H,10-15H2,1-5H3;5-8,17H,9-14H2,1-4H3;4-7,16,22H,8-13H2,1-3H3;4-7,16,19H,8-13H2,1-3H3;13H,6-12H2,1-5H3;9-10H,4-8H2,1-3H3/t16-,17+;;;;;;9-,10+. The van der Waals surface area contributed by atoms with Crippen molar-refractivity contribution in [1.29, 1.82) is 0 Å². The number of likely N-dealkylation sites (N-methyl/N-ethyl adjacent to an activating group) is 2. The molecule has 0 amide bonds. The van der Waals surface area contributed by atoms with Gasteiger partial charge in [0, 0.05) is 233 Å². The molecule has 0 unspecified atom stereocenters. The van der Waals surface area contributed by atoms with Crippen LogP contribution in [-0.2, 0) is 47.9 Å². The van der Waals surface area contributed by atoms with E-state index in [1.54, 1.807) is 24.1 Å². The molecule has 10 aliphatic rings. The van der Waals surface area contributed by atoms with Gasteiger partial charge >= 0.3 is 12.4 Å². The van der Waals surface area contributed by atoms with Crippen LogP contribution >= 0.6 is 34.8 Å². The molecule has 5 aromatic carbocycles. The van der Waals surface area contributed by atoms with E-state index in [2.05, 4.69) is 287 Å². The van der Waals surface area contributed by atoms with Crippen molar-refractivity contribution in [2.75, 3.05) is 212 Å². The first-order chi connectivity index (χ1) is 67.2. The van der Waals surface area contributed by atoms with Crippen molar-refractivity contribution in [2.45, 2.75) is 330 Å². The number of rotatable bonds is 26. The van der Waals surface area contributed by atoms with Crippen LogP contribution in [0.2, 0.25) is 15.1 Å². The lowest BCUT2D eigenvalue weighted by Gasteiger charge is -2.46. The van der Waals surface area contributed by atoms with Gasteiger partial charge in [-0.05, 0) is 382 Å². The van der Waals surface area contributed by atoms with Crippen LogP contribution in [0, 0.1) is 29.1 Å². The van der Waals surface area contributed by atoms with Gasteiger partial charge in [0.1, 0.15) is 5.75 Å². The molecule has 0 aromatic heterocycles. The third kappa shape index (κ3) is 43.0. The number of halogens is 9. The van der Waals surface area contributed by atoms with E-state index in [1.165, 1.54) is 159 Å².